The molecule has 3 rings (SSSR count). The summed E-state index contributed by atoms with van der Waals surface area (Å²) in [5, 5.41) is 14.6. The maximum absolute atomic E-state index is 10.3. The van der Waals surface area contributed by atoms with Crippen molar-refractivity contribution in [3.63, 3.8) is 0 Å². The lowest BCUT2D eigenvalue weighted by Gasteiger charge is -2.12. The molecule has 0 aliphatic rings. The van der Waals surface area contributed by atoms with Gasteiger partial charge >= 0.3 is 0 Å². The van der Waals surface area contributed by atoms with E-state index in [1.165, 1.54) is 0 Å². The first-order chi connectivity index (χ1) is 9.74. The molecule has 2 heterocycles. The molecular weight excluding hydrogens is 318 g/mol. The Morgan fingerprint density at radius 3 is 2.65 bits per heavy atom. The molecule has 1 unspecified atom stereocenters. The first kappa shape index (κ1) is 13.1. The van der Waals surface area contributed by atoms with Crippen LogP contribution in [0.2, 0.25) is 0 Å². The van der Waals surface area contributed by atoms with Gasteiger partial charge in [-0.1, -0.05) is 34.1 Å². The van der Waals surface area contributed by atoms with E-state index in [-0.39, 0.29) is 0 Å². The zero-order valence-corrected chi connectivity index (χ0v) is 12.3. The number of aliphatic hydroxyl groups is 1. The molecule has 0 saturated carbocycles. The number of hydrogen-bond acceptors (Lipinski definition) is 2. The van der Waals surface area contributed by atoms with Crippen molar-refractivity contribution >= 4 is 15.9 Å². The van der Waals surface area contributed by atoms with E-state index in [1.54, 1.807) is 10.9 Å². The second kappa shape index (κ2) is 5.64. The number of benzene rings is 1. The highest BCUT2D eigenvalue weighted by molar-refractivity contribution is 9.10. The van der Waals surface area contributed by atoms with Crippen LogP contribution >= 0.6 is 15.9 Å². The molecule has 0 aliphatic carbocycles. The van der Waals surface area contributed by atoms with Gasteiger partial charge in [-0.25, -0.2) is 0 Å². The smallest absolute Gasteiger partial charge is 0.0996 e. The third kappa shape index (κ3) is 2.69. The summed E-state index contributed by atoms with van der Waals surface area (Å²) in [7, 11) is 0. The minimum Gasteiger partial charge on any atom is -0.386 e. The summed E-state index contributed by atoms with van der Waals surface area (Å²) in [5.41, 5.74) is 1.85. The van der Waals surface area contributed by atoms with Crippen LogP contribution in [0.3, 0.4) is 0 Å². The van der Waals surface area contributed by atoms with Gasteiger partial charge in [0.25, 0.3) is 0 Å². The Hall–Kier alpha value is -1.85. The second-order valence-corrected chi connectivity index (χ2v) is 5.40. The topological polar surface area (TPSA) is 43.0 Å². The Balaban J connectivity index is 1.77. The molecule has 1 atom stereocenters. The van der Waals surface area contributed by atoms with Gasteiger partial charge in [0.15, 0.2) is 0 Å². The molecule has 20 heavy (non-hydrogen) atoms. The zero-order valence-electron chi connectivity index (χ0n) is 10.7. The van der Waals surface area contributed by atoms with Gasteiger partial charge in [-0.15, -0.1) is 0 Å². The van der Waals surface area contributed by atoms with Crippen molar-refractivity contribution in [2.75, 3.05) is 0 Å². The molecule has 0 saturated heterocycles. The van der Waals surface area contributed by atoms with Crippen molar-refractivity contribution in [3.05, 3.63) is 71.2 Å². The number of rotatable bonds is 4. The van der Waals surface area contributed by atoms with Gasteiger partial charge in [-0.05, 0) is 23.8 Å². The highest BCUT2D eigenvalue weighted by atomic mass is 79.9. The fourth-order valence-corrected chi connectivity index (χ4v) is 2.66. The summed E-state index contributed by atoms with van der Waals surface area (Å²) in [4.78, 5) is 0. The summed E-state index contributed by atoms with van der Waals surface area (Å²) in [6, 6.07) is 11.6. The number of nitrogens with zero attached hydrogens (tertiary/aromatic N) is 3. The summed E-state index contributed by atoms with van der Waals surface area (Å²) < 4.78 is 4.64. The molecule has 0 spiro atoms. The lowest BCUT2D eigenvalue weighted by Crippen LogP contribution is -2.09. The van der Waals surface area contributed by atoms with Crippen molar-refractivity contribution < 1.29 is 5.11 Å². The number of hydrogen-bond donors (Lipinski definition) is 1. The van der Waals surface area contributed by atoms with Crippen molar-refractivity contribution in [3.8, 4) is 5.69 Å². The molecule has 1 aromatic carbocycles. The van der Waals surface area contributed by atoms with E-state index in [9.17, 15) is 5.11 Å². The molecule has 0 radical (unpaired) electrons. The Labute approximate surface area is 125 Å². The monoisotopic (exact) mass is 331 g/mol. The largest absolute Gasteiger partial charge is 0.386 e. The normalized spacial score (nSPS) is 12.5. The zero-order chi connectivity index (χ0) is 13.9. The lowest BCUT2D eigenvalue weighted by atomic mass is 10.1. The fourth-order valence-electron chi connectivity index (χ4n) is 2.11. The first-order valence-corrected chi connectivity index (χ1v) is 7.11. The Morgan fingerprint density at radius 2 is 1.90 bits per heavy atom. The van der Waals surface area contributed by atoms with Gasteiger partial charge in [0.2, 0.25) is 0 Å². The highest BCUT2D eigenvalue weighted by Gasteiger charge is 2.12. The van der Waals surface area contributed by atoms with E-state index in [0.29, 0.717) is 6.54 Å². The van der Waals surface area contributed by atoms with E-state index >= 15 is 0 Å². The quantitative estimate of drug-likeness (QED) is 0.797. The van der Waals surface area contributed by atoms with Crippen molar-refractivity contribution in [1.29, 1.82) is 0 Å². The van der Waals surface area contributed by atoms with Gasteiger partial charge in [0.05, 0.1) is 24.5 Å². The Kier molecular flexibility index (Phi) is 3.71. The summed E-state index contributed by atoms with van der Waals surface area (Å²) in [6.07, 6.45) is 7.03. The average molecular weight is 332 g/mol. The van der Waals surface area contributed by atoms with Crippen LogP contribution < -0.4 is 0 Å². The predicted molar refractivity (Wildman–Crippen MR) is 80.7 cm³/mol. The minimum atomic E-state index is -0.594. The molecule has 102 valence electrons. The van der Waals surface area contributed by atoms with E-state index in [4.69, 9.17) is 0 Å². The molecular formula is C15H14BrN3O. The van der Waals surface area contributed by atoms with Crippen LogP contribution in [0.5, 0.6) is 0 Å². The molecule has 4 nitrogen and oxygen atoms in total. The average Bonchev–Trinajstić information content (AvgIpc) is 3.09. The molecule has 2 aromatic heterocycles. The molecule has 0 fully saturated rings. The van der Waals surface area contributed by atoms with E-state index < -0.39 is 6.10 Å². The predicted octanol–water partition coefficient (Wildman–Crippen LogP) is 3.17. The molecule has 0 amide bonds. The molecule has 0 bridgehead atoms. The second-order valence-electron chi connectivity index (χ2n) is 4.55. The summed E-state index contributed by atoms with van der Waals surface area (Å²) in [5.74, 6) is 0. The van der Waals surface area contributed by atoms with Crippen molar-refractivity contribution in [2.24, 2.45) is 0 Å². The lowest BCUT2D eigenvalue weighted by molar-refractivity contribution is 0.151. The van der Waals surface area contributed by atoms with Crippen LogP contribution in [-0.2, 0) is 6.54 Å². The summed E-state index contributed by atoms with van der Waals surface area (Å²) in [6.45, 7) is 0.421. The van der Waals surface area contributed by atoms with Crippen LogP contribution in [0.15, 0.2) is 65.7 Å². The van der Waals surface area contributed by atoms with E-state index in [0.717, 1.165) is 15.7 Å². The maximum atomic E-state index is 10.3. The van der Waals surface area contributed by atoms with Crippen molar-refractivity contribution in [2.45, 2.75) is 12.6 Å². The third-order valence-electron chi connectivity index (χ3n) is 3.15. The fraction of sp³-hybridized carbons (Fsp3) is 0.133. The minimum absolute atomic E-state index is 0.421. The third-order valence-corrected chi connectivity index (χ3v) is 3.87. The first-order valence-electron chi connectivity index (χ1n) is 6.32. The van der Waals surface area contributed by atoms with Crippen LogP contribution in [0, 0.1) is 0 Å². The standard InChI is InChI=1S/C15H14BrN3O/c16-14-6-2-1-5-13(14)15(20)11-19-10-12(9-17-19)18-7-3-4-8-18/h1-10,15,20H,11H2. The van der Waals surface area contributed by atoms with Gasteiger partial charge in [0, 0.05) is 23.1 Å². The van der Waals surface area contributed by atoms with E-state index in [1.807, 2.05) is 59.6 Å². The Bertz CT molecular complexity index is 691. The summed E-state index contributed by atoms with van der Waals surface area (Å²) >= 11 is 3.45. The van der Waals surface area contributed by atoms with Crippen LogP contribution in [-0.4, -0.2) is 19.5 Å². The van der Waals surface area contributed by atoms with E-state index in [2.05, 4.69) is 21.0 Å². The van der Waals surface area contributed by atoms with Crippen LogP contribution in [0.1, 0.15) is 11.7 Å². The van der Waals surface area contributed by atoms with Crippen molar-refractivity contribution in [1.82, 2.24) is 14.3 Å². The Morgan fingerprint density at radius 1 is 1.15 bits per heavy atom. The number of aromatic nitrogens is 3. The molecule has 5 heteroatoms. The highest BCUT2D eigenvalue weighted by Crippen LogP contribution is 2.24. The van der Waals surface area contributed by atoms with Gasteiger partial charge < -0.3 is 9.67 Å². The molecule has 1 N–H and O–H groups in total. The maximum Gasteiger partial charge on any atom is 0.0996 e. The van der Waals surface area contributed by atoms with Gasteiger partial charge in [-0.2, -0.15) is 5.10 Å². The van der Waals surface area contributed by atoms with Crippen LogP contribution in [0.4, 0.5) is 0 Å². The molecule has 0 aliphatic heterocycles. The number of halogens is 1. The van der Waals surface area contributed by atoms with Gasteiger partial charge in [-0.3, -0.25) is 4.68 Å². The molecule has 3 aromatic rings. The van der Waals surface area contributed by atoms with Gasteiger partial charge in [0.1, 0.15) is 0 Å². The number of aliphatic hydroxyl groups excluding tert-OH is 1. The SMILES string of the molecule is OC(Cn1cc(-n2cccc2)cn1)c1ccccc1Br. The van der Waals surface area contributed by atoms with Crippen LogP contribution in [0.25, 0.3) is 5.69 Å².